The maximum absolute atomic E-state index is 11.9. The first-order valence-electron chi connectivity index (χ1n) is 6.67. The van der Waals surface area contributed by atoms with Gasteiger partial charge in [-0.2, -0.15) is 0 Å². The normalized spacial score (nSPS) is 11.7. The van der Waals surface area contributed by atoms with E-state index in [9.17, 15) is 9.90 Å². The summed E-state index contributed by atoms with van der Waals surface area (Å²) in [7, 11) is 1.46. The van der Waals surface area contributed by atoms with Crippen molar-refractivity contribution >= 4 is 11.5 Å². The molecule has 0 saturated carbocycles. The zero-order valence-corrected chi connectivity index (χ0v) is 12.8. The molecule has 1 heterocycles. The summed E-state index contributed by atoms with van der Waals surface area (Å²) in [5.41, 5.74) is 1.34. The van der Waals surface area contributed by atoms with Crippen molar-refractivity contribution in [3.8, 4) is 0 Å². The lowest BCUT2D eigenvalue weighted by atomic mass is 10.1. The number of carbonyl (C=O) groups is 1. The van der Waals surface area contributed by atoms with Crippen molar-refractivity contribution in [1.29, 1.82) is 0 Å². The molecule has 0 aromatic carbocycles. The Labute approximate surface area is 130 Å². The number of ether oxygens (including phenoxy) is 1. The van der Waals surface area contributed by atoms with Gasteiger partial charge in [-0.15, -0.1) is 0 Å². The van der Waals surface area contributed by atoms with E-state index >= 15 is 0 Å². The number of rotatable bonds is 7. The summed E-state index contributed by atoms with van der Waals surface area (Å²) in [6.45, 7) is 9.15. The van der Waals surface area contributed by atoms with Crippen molar-refractivity contribution in [2.24, 2.45) is 0 Å². The number of methoxy groups -OCH3 is 1. The Morgan fingerprint density at radius 1 is 1.45 bits per heavy atom. The zero-order chi connectivity index (χ0) is 16.5. The summed E-state index contributed by atoms with van der Waals surface area (Å²) in [5, 5.41) is 12.6. The van der Waals surface area contributed by atoms with E-state index < -0.39 is 5.91 Å². The molecule has 0 spiro atoms. The van der Waals surface area contributed by atoms with E-state index in [1.54, 1.807) is 18.3 Å². The molecular formula is C17H20N2O3. The summed E-state index contributed by atoms with van der Waals surface area (Å²) in [6, 6.07) is 5.45. The first kappa shape index (κ1) is 17.2. The van der Waals surface area contributed by atoms with E-state index in [1.165, 1.54) is 13.2 Å². The van der Waals surface area contributed by atoms with Crippen LogP contribution in [0.4, 0.5) is 0 Å². The summed E-state index contributed by atoms with van der Waals surface area (Å²) in [6.07, 6.45) is 4.90. The van der Waals surface area contributed by atoms with Crippen LogP contribution in [-0.4, -0.2) is 29.7 Å². The molecule has 0 fully saturated rings. The van der Waals surface area contributed by atoms with Crippen LogP contribution in [0.1, 0.15) is 12.6 Å². The molecule has 2 N–H and O–H groups in total. The molecule has 5 nitrogen and oxygen atoms in total. The minimum atomic E-state index is -0.497. The number of amides is 1. The summed E-state index contributed by atoms with van der Waals surface area (Å²) >= 11 is 0. The summed E-state index contributed by atoms with van der Waals surface area (Å²) < 4.78 is 4.85. The number of allylic oxidation sites excluding steroid dienone is 3. The number of nitrogens with one attached hydrogen (secondary N) is 1. The van der Waals surface area contributed by atoms with E-state index in [0.717, 1.165) is 0 Å². The van der Waals surface area contributed by atoms with Crippen LogP contribution in [0.3, 0.4) is 0 Å². The maximum Gasteiger partial charge on any atom is 0.254 e. The number of aliphatic hydroxyl groups is 1. The van der Waals surface area contributed by atoms with Gasteiger partial charge in [0.2, 0.25) is 0 Å². The maximum atomic E-state index is 11.9. The summed E-state index contributed by atoms with van der Waals surface area (Å²) in [4.78, 5) is 16.1. The van der Waals surface area contributed by atoms with Crippen LogP contribution in [0.5, 0.6) is 0 Å². The highest BCUT2D eigenvalue weighted by molar-refractivity contribution is 5.97. The molecule has 0 radical (unpaired) electrons. The predicted molar refractivity (Wildman–Crippen MR) is 86.9 cm³/mol. The monoisotopic (exact) mass is 300 g/mol. The van der Waals surface area contributed by atoms with E-state index in [-0.39, 0.29) is 17.9 Å². The van der Waals surface area contributed by atoms with Crippen LogP contribution < -0.4 is 5.32 Å². The zero-order valence-electron chi connectivity index (χ0n) is 12.8. The minimum absolute atomic E-state index is 0.0424. The number of carbonyl (C=O) groups excluding carboxylic acids is 1. The molecule has 1 amide bonds. The smallest absolute Gasteiger partial charge is 0.254 e. The first-order chi connectivity index (χ1) is 10.5. The number of hydrogen-bond acceptors (Lipinski definition) is 4. The molecule has 0 atom stereocenters. The lowest BCUT2D eigenvalue weighted by Crippen LogP contribution is -2.27. The van der Waals surface area contributed by atoms with E-state index in [1.807, 2.05) is 19.1 Å². The molecular weight excluding hydrogens is 280 g/mol. The largest absolute Gasteiger partial charge is 0.507 e. The van der Waals surface area contributed by atoms with Crippen LogP contribution in [0.25, 0.3) is 5.57 Å². The average molecular weight is 300 g/mol. The Balaban J connectivity index is 2.80. The molecule has 0 aliphatic rings. The molecule has 22 heavy (non-hydrogen) atoms. The third-order valence-electron chi connectivity index (χ3n) is 2.88. The number of nitrogens with zero attached hydrogens (tertiary/aromatic N) is 1. The van der Waals surface area contributed by atoms with Gasteiger partial charge >= 0.3 is 0 Å². The van der Waals surface area contributed by atoms with Crippen molar-refractivity contribution in [2.45, 2.75) is 6.92 Å². The predicted octanol–water partition coefficient (Wildman–Crippen LogP) is 2.76. The molecule has 1 aromatic heterocycles. The summed E-state index contributed by atoms with van der Waals surface area (Å²) in [5.74, 6) is -0.310. The van der Waals surface area contributed by atoms with Gasteiger partial charge in [0.05, 0.1) is 24.9 Å². The highest BCUT2D eigenvalue weighted by atomic mass is 16.5. The SMILES string of the molecule is C=C(CNC(=O)C(=C)/C(O)=C\C(=C/C)c1ccccn1)OC. The standard InChI is InChI=1S/C17H20N2O3/c1-5-14(15-8-6-7-9-18-15)10-16(20)13(3)17(21)19-11-12(2)22-4/h5-10,20H,2-3,11H2,1,4H3,(H,19,21)/b14-5+,16-10+. The Morgan fingerprint density at radius 2 is 2.18 bits per heavy atom. The second-order valence-corrected chi connectivity index (χ2v) is 4.39. The van der Waals surface area contributed by atoms with Gasteiger partial charge in [0.25, 0.3) is 5.91 Å². The molecule has 0 aliphatic carbocycles. The third-order valence-corrected chi connectivity index (χ3v) is 2.88. The van der Waals surface area contributed by atoms with Crippen molar-refractivity contribution in [3.05, 3.63) is 72.5 Å². The molecule has 116 valence electrons. The number of pyridine rings is 1. The Kier molecular flexibility index (Phi) is 6.63. The lowest BCUT2D eigenvalue weighted by Gasteiger charge is -2.09. The topological polar surface area (TPSA) is 71.5 Å². The van der Waals surface area contributed by atoms with Gasteiger partial charge in [-0.3, -0.25) is 9.78 Å². The third kappa shape index (κ3) is 4.94. The minimum Gasteiger partial charge on any atom is -0.507 e. The van der Waals surface area contributed by atoms with Crippen LogP contribution in [0.2, 0.25) is 0 Å². The highest BCUT2D eigenvalue weighted by Crippen LogP contribution is 2.17. The van der Waals surface area contributed by atoms with Crippen LogP contribution >= 0.6 is 0 Å². The number of aliphatic hydroxyl groups excluding tert-OH is 1. The van der Waals surface area contributed by atoms with Gasteiger partial charge < -0.3 is 15.2 Å². The molecule has 0 bridgehead atoms. The van der Waals surface area contributed by atoms with Gasteiger partial charge in [-0.1, -0.05) is 25.3 Å². The van der Waals surface area contributed by atoms with Gasteiger partial charge in [0, 0.05) is 6.20 Å². The van der Waals surface area contributed by atoms with E-state index in [0.29, 0.717) is 17.0 Å². The Morgan fingerprint density at radius 3 is 2.73 bits per heavy atom. The molecule has 0 aliphatic heterocycles. The van der Waals surface area contributed by atoms with Gasteiger partial charge in [-0.05, 0) is 30.7 Å². The van der Waals surface area contributed by atoms with E-state index in [2.05, 4.69) is 23.5 Å². The van der Waals surface area contributed by atoms with Crippen molar-refractivity contribution in [3.63, 3.8) is 0 Å². The molecule has 0 saturated heterocycles. The highest BCUT2D eigenvalue weighted by Gasteiger charge is 2.12. The molecule has 1 aromatic rings. The van der Waals surface area contributed by atoms with Crippen molar-refractivity contribution in [2.75, 3.05) is 13.7 Å². The molecule has 5 heteroatoms. The number of hydrogen-bond donors (Lipinski definition) is 2. The van der Waals surface area contributed by atoms with Gasteiger partial charge in [-0.25, -0.2) is 0 Å². The fourth-order valence-corrected chi connectivity index (χ4v) is 1.55. The Bertz CT molecular complexity index is 616. The second-order valence-electron chi connectivity index (χ2n) is 4.39. The van der Waals surface area contributed by atoms with E-state index in [4.69, 9.17) is 4.74 Å². The lowest BCUT2D eigenvalue weighted by molar-refractivity contribution is -0.117. The van der Waals surface area contributed by atoms with Crippen LogP contribution in [-0.2, 0) is 9.53 Å². The first-order valence-corrected chi connectivity index (χ1v) is 6.67. The van der Waals surface area contributed by atoms with Crippen LogP contribution in [0, 0.1) is 0 Å². The van der Waals surface area contributed by atoms with Gasteiger partial charge in [0.1, 0.15) is 11.5 Å². The van der Waals surface area contributed by atoms with Gasteiger partial charge in [0.15, 0.2) is 0 Å². The van der Waals surface area contributed by atoms with Crippen molar-refractivity contribution < 1.29 is 14.6 Å². The fourth-order valence-electron chi connectivity index (χ4n) is 1.55. The quantitative estimate of drug-likeness (QED) is 0.461. The Hall–Kier alpha value is -2.82. The van der Waals surface area contributed by atoms with Crippen LogP contribution in [0.15, 0.2) is 66.8 Å². The second kappa shape index (κ2) is 8.46. The van der Waals surface area contributed by atoms with Crippen molar-refractivity contribution in [1.82, 2.24) is 10.3 Å². The molecule has 0 unspecified atom stereocenters. The average Bonchev–Trinajstić information content (AvgIpc) is 2.56. The molecule has 1 rings (SSSR count). The fraction of sp³-hybridized carbons (Fsp3) is 0.176. The number of aromatic nitrogens is 1.